The van der Waals surface area contributed by atoms with E-state index in [9.17, 15) is 0 Å². The first kappa shape index (κ1) is 15.4. The van der Waals surface area contributed by atoms with Gasteiger partial charge in [-0.2, -0.15) is 5.26 Å². The van der Waals surface area contributed by atoms with Gasteiger partial charge in [0.2, 0.25) is 0 Å². The van der Waals surface area contributed by atoms with Crippen LogP contribution in [0.4, 0.5) is 5.69 Å². The standard InChI is InChI=1S/C16H12ClN5S/c1-23-16(19-9-18)20-10-6-7-12(17)11(8-10)15-21-13-4-2-3-5-14(13)22-15/h2-8H,1H3,(H,19,20)(H,21,22). The zero-order valence-corrected chi connectivity index (χ0v) is 13.7. The van der Waals surface area contributed by atoms with Gasteiger partial charge >= 0.3 is 0 Å². The summed E-state index contributed by atoms with van der Waals surface area (Å²) in [4.78, 5) is 12.2. The molecule has 114 valence electrons. The fraction of sp³-hybridized carbons (Fsp3) is 0.0625. The molecule has 3 rings (SSSR count). The Morgan fingerprint density at radius 2 is 2.17 bits per heavy atom. The second-order valence-corrected chi connectivity index (χ2v) is 5.83. The van der Waals surface area contributed by atoms with Crippen LogP contribution in [0.2, 0.25) is 5.02 Å². The molecule has 1 heterocycles. The van der Waals surface area contributed by atoms with Gasteiger partial charge < -0.3 is 4.98 Å². The number of benzene rings is 2. The Morgan fingerprint density at radius 3 is 2.91 bits per heavy atom. The summed E-state index contributed by atoms with van der Waals surface area (Å²) in [7, 11) is 0. The zero-order chi connectivity index (χ0) is 16.2. The number of amidine groups is 1. The van der Waals surface area contributed by atoms with E-state index in [1.54, 1.807) is 12.1 Å². The van der Waals surface area contributed by atoms with E-state index in [1.807, 2.05) is 42.8 Å². The summed E-state index contributed by atoms with van der Waals surface area (Å²) in [6.45, 7) is 0. The Kier molecular flexibility index (Phi) is 4.51. The van der Waals surface area contributed by atoms with Gasteiger partial charge in [-0.15, -0.1) is 0 Å². The van der Waals surface area contributed by atoms with Crippen molar-refractivity contribution in [1.29, 1.82) is 5.26 Å². The molecule has 0 unspecified atom stereocenters. The summed E-state index contributed by atoms with van der Waals surface area (Å²) in [5, 5.41) is 12.4. The monoisotopic (exact) mass is 341 g/mol. The Hall–Kier alpha value is -2.49. The summed E-state index contributed by atoms with van der Waals surface area (Å²) in [6.07, 6.45) is 3.71. The third-order valence-electron chi connectivity index (χ3n) is 3.18. The van der Waals surface area contributed by atoms with Crippen LogP contribution < -0.4 is 5.32 Å². The number of aromatic nitrogens is 2. The van der Waals surface area contributed by atoms with Gasteiger partial charge in [0, 0.05) is 5.56 Å². The zero-order valence-electron chi connectivity index (χ0n) is 12.2. The van der Waals surface area contributed by atoms with Crippen molar-refractivity contribution in [3.8, 4) is 17.6 Å². The highest BCUT2D eigenvalue weighted by molar-refractivity contribution is 8.13. The molecule has 0 fully saturated rings. The van der Waals surface area contributed by atoms with E-state index in [4.69, 9.17) is 16.9 Å². The van der Waals surface area contributed by atoms with E-state index in [0.717, 1.165) is 16.6 Å². The maximum absolute atomic E-state index is 8.71. The summed E-state index contributed by atoms with van der Waals surface area (Å²) in [5.41, 5.74) is 3.28. The molecule has 0 saturated heterocycles. The minimum absolute atomic E-state index is 0.519. The van der Waals surface area contributed by atoms with E-state index in [2.05, 4.69) is 20.3 Å². The van der Waals surface area contributed by atoms with Crippen molar-refractivity contribution in [3.63, 3.8) is 0 Å². The van der Waals surface area contributed by atoms with Crippen LogP contribution in [0.1, 0.15) is 0 Å². The smallest absolute Gasteiger partial charge is 0.183 e. The SMILES string of the molecule is CSC(=Nc1ccc(Cl)c(-c2nc3ccccc3[nH]2)c1)NC#N. The molecule has 0 amide bonds. The van der Waals surface area contributed by atoms with Crippen LogP contribution in [0.3, 0.4) is 0 Å². The number of halogens is 1. The average molecular weight is 342 g/mol. The van der Waals surface area contributed by atoms with Gasteiger partial charge in [-0.3, -0.25) is 5.32 Å². The number of imidazole rings is 1. The van der Waals surface area contributed by atoms with Gasteiger partial charge in [-0.25, -0.2) is 9.98 Å². The first-order valence-corrected chi connectivity index (χ1v) is 8.34. The molecule has 0 radical (unpaired) electrons. The lowest BCUT2D eigenvalue weighted by atomic mass is 10.2. The highest BCUT2D eigenvalue weighted by atomic mass is 35.5. The van der Waals surface area contributed by atoms with Crippen molar-refractivity contribution in [2.24, 2.45) is 4.99 Å². The maximum Gasteiger partial charge on any atom is 0.183 e. The number of para-hydroxylation sites is 2. The number of aliphatic imine (C=N–C) groups is 1. The predicted molar refractivity (Wildman–Crippen MR) is 95.9 cm³/mol. The van der Waals surface area contributed by atoms with Crippen molar-refractivity contribution < 1.29 is 0 Å². The van der Waals surface area contributed by atoms with Crippen LogP contribution in [-0.4, -0.2) is 21.4 Å². The molecule has 3 aromatic rings. The minimum Gasteiger partial charge on any atom is -0.338 e. The number of fused-ring (bicyclic) bond motifs is 1. The molecule has 0 aliphatic heterocycles. The number of nitrogens with one attached hydrogen (secondary N) is 2. The van der Waals surface area contributed by atoms with Crippen molar-refractivity contribution in [1.82, 2.24) is 15.3 Å². The quantitative estimate of drug-likeness (QED) is 0.315. The number of H-pyrrole nitrogens is 1. The highest BCUT2D eigenvalue weighted by Crippen LogP contribution is 2.31. The van der Waals surface area contributed by atoms with Crippen LogP contribution >= 0.6 is 23.4 Å². The molecule has 2 aromatic carbocycles. The normalized spacial score (nSPS) is 11.4. The van der Waals surface area contributed by atoms with Crippen molar-refractivity contribution >= 4 is 45.3 Å². The van der Waals surface area contributed by atoms with Crippen LogP contribution in [0.15, 0.2) is 47.5 Å². The first-order chi connectivity index (χ1) is 11.2. The van der Waals surface area contributed by atoms with E-state index in [1.165, 1.54) is 11.8 Å². The number of rotatable bonds is 2. The fourth-order valence-corrected chi connectivity index (χ4v) is 2.69. The molecule has 1 aromatic heterocycles. The highest BCUT2D eigenvalue weighted by Gasteiger charge is 2.10. The molecule has 0 aliphatic carbocycles. The number of nitrogens with zero attached hydrogens (tertiary/aromatic N) is 3. The predicted octanol–water partition coefficient (Wildman–Crippen LogP) is 4.30. The lowest BCUT2D eigenvalue weighted by molar-refractivity contribution is 1.28. The molecule has 23 heavy (non-hydrogen) atoms. The number of aromatic amines is 1. The van der Waals surface area contributed by atoms with E-state index < -0.39 is 0 Å². The second-order valence-electron chi connectivity index (χ2n) is 4.62. The molecular formula is C16H12ClN5S. The molecule has 2 N–H and O–H groups in total. The van der Waals surface area contributed by atoms with Gasteiger partial charge in [-0.05, 0) is 36.6 Å². The summed E-state index contributed by atoms with van der Waals surface area (Å²) in [5.74, 6) is 0.687. The molecule has 0 aliphatic rings. The lowest BCUT2D eigenvalue weighted by Gasteiger charge is -2.04. The number of nitriles is 1. The fourth-order valence-electron chi connectivity index (χ4n) is 2.13. The van der Waals surface area contributed by atoms with Crippen molar-refractivity contribution in [3.05, 3.63) is 47.5 Å². The van der Waals surface area contributed by atoms with Crippen molar-refractivity contribution in [2.75, 3.05) is 6.26 Å². The van der Waals surface area contributed by atoms with Crippen LogP contribution in [0.25, 0.3) is 22.4 Å². The van der Waals surface area contributed by atoms with Gasteiger partial charge in [0.1, 0.15) is 5.82 Å². The molecule has 0 saturated carbocycles. The van der Waals surface area contributed by atoms with Gasteiger partial charge in [-0.1, -0.05) is 35.5 Å². The maximum atomic E-state index is 8.71. The van der Waals surface area contributed by atoms with Gasteiger partial charge in [0.05, 0.1) is 21.7 Å². The Balaban J connectivity index is 2.05. The van der Waals surface area contributed by atoms with E-state index in [0.29, 0.717) is 21.7 Å². The van der Waals surface area contributed by atoms with Gasteiger partial charge in [0.15, 0.2) is 11.4 Å². The number of thioether (sulfide) groups is 1. The molecule has 0 bridgehead atoms. The minimum atomic E-state index is 0.519. The molecule has 0 spiro atoms. The van der Waals surface area contributed by atoms with Gasteiger partial charge in [0.25, 0.3) is 0 Å². The molecular weight excluding hydrogens is 330 g/mol. The third kappa shape index (κ3) is 3.31. The lowest BCUT2D eigenvalue weighted by Crippen LogP contribution is -2.12. The first-order valence-electron chi connectivity index (χ1n) is 6.73. The second kappa shape index (κ2) is 6.73. The average Bonchev–Trinajstić information content (AvgIpc) is 2.99. The Bertz CT molecular complexity index is 893. The molecule has 0 atom stereocenters. The van der Waals surface area contributed by atoms with E-state index in [-0.39, 0.29) is 0 Å². The topological polar surface area (TPSA) is 76.9 Å². The van der Waals surface area contributed by atoms with Crippen molar-refractivity contribution in [2.45, 2.75) is 0 Å². The van der Waals surface area contributed by atoms with Crippen LogP contribution in [-0.2, 0) is 0 Å². The molecule has 5 nitrogen and oxygen atoms in total. The summed E-state index contributed by atoms with van der Waals surface area (Å²) < 4.78 is 0. The Morgan fingerprint density at radius 1 is 1.35 bits per heavy atom. The largest absolute Gasteiger partial charge is 0.338 e. The third-order valence-corrected chi connectivity index (χ3v) is 4.09. The molecule has 7 heteroatoms. The summed E-state index contributed by atoms with van der Waals surface area (Å²) in [6, 6.07) is 13.2. The van der Waals surface area contributed by atoms with E-state index >= 15 is 0 Å². The van der Waals surface area contributed by atoms with Crippen LogP contribution in [0, 0.1) is 11.5 Å². The Labute approximate surface area is 142 Å². The van der Waals surface area contributed by atoms with Crippen LogP contribution in [0.5, 0.6) is 0 Å². The number of hydrogen-bond donors (Lipinski definition) is 2. The number of hydrogen-bond acceptors (Lipinski definition) is 4. The summed E-state index contributed by atoms with van der Waals surface area (Å²) >= 11 is 7.67.